The number of furan rings is 1. The predicted molar refractivity (Wildman–Crippen MR) is 97.1 cm³/mol. The highest BCUT2D eigenvalue weighted by Crippen LogP contribution is 2.26. The summed E-state index contributed by atoms with van der Waals surface area (Å²) >= 11 is 0. The summed E-state index contributed by atoms with van der Waals surface area (Å²) in [6.07, 6.45) is 4.01. The number of rotatable bonds is 4. The number of aromatic nitrogens is 3. The number of anilines is 1. The van der Waals surface area contributed by atoms with Crippen molar-refractivity contribution in [1.29, 1.82) is 0 Å². The molecule has 0 aliphatic carbocycles. The number of hydrogen-bond acceptors (Lipinski definition) is 6. The van der Waals surface area contributed by atoms with Gasteiger partial charge >= 0.3 is 0 Å². The van der Waals surface area contributed by atoms with Crippen molar-refractivity contribution >= 4 is 5.82 Å². The van der Waals surface area contributed by atoms with E-state index >= 15 is 0 Å². The quantitative estimate of drug-likeness (QED) is 0.777. The van der Waals surface area contributed by atoms with Crippen LogP contribution >= 0.6 is 0 Å². The van der Waals surface area contributed by atoms with Gasteiger partial charge in [-0.15, -0.1) is 0 Å². The molecule has 1 saturated heterocycles. The normalized spacial score (nSPS) is 17.4. The molecule has 0 radical (unpaired) electrons. The van der Waals surface area contributed by atoms with Crippen LogP contribution in [0.5, 0.6) is 0 Å². The summed E-state index contributed by atoms with van der Waals surface area (Å²) in [7, 11) is 0. The van der Waals surface area contributed by atoms with Gasteiger partial charge in [0.25, 0.3) is 5.56 Å². The van der Waals surface area contributed by atoms with Crippen LogP contribution in [-0.2, 0) is 11.2 Å². The average Bonchev–Trinajstić information content (AvgIpc) is 3.22. The van der Waals surface area contributed by atoms with Crippen molar-refractivity contribution < 1.29 is 9.15 Å². The number of nitrogens with one attached hydrogen (secondary N) is 1. The lowest BCUT2D eigenvalue weighted by Crippen LogP contribution is -2.38. The Bertz CT molecular complexity index is 919. The first kappa shape index (κ1) is 16.5. The van der Waals surface area contributed by atoms with Gasteiger partial charge in [-0.2, -0.15) is 0 Å². The number of ether oxygens (including phenoxy) is 1. The molecule has 7 heteroatoms. The summed E-state index contributed by atoms with van der Waals surface area (Å²) in [6.45, 7) is 4.03. The molecule has 1 fully saturated rings. The van der Waals surface area contributed by atoms with Gasteiger partial charge in [0.05, 0.1) is 19.4 Å². The average molecular weight is 352 g/mol. The molecule has 3 aromatic rings. The Morgan fingerprint density at radius 3 is 3.00 bits per heavy atom. The van der Waals surface area contributed by atoms with Crippen molar-refractivity contribution in [3.05, 3.63) is 64.6 Å². The van der Waals surface area contributed by atoms with Gasteiger partial charge in [0.1, 0.15) is 23.5 Å². The van der Waals surface area contributed by atoms with Crippen LogP contribution in [0.1, 0.15) is 24.5 Å². The highest BCUT2D eigenvalue weighted by molar-refractivity contribution is 5.56. The van der Waals surface area contributed by atoms with Gasteiger partial charge in [-0.25, -0.2) is 9.97 Å². The maximum absolute atomic E-state index is 11.8. The van der Waals surface area contributed by atoms with E-state index in [9.17, 15) is 4.79 Å². The van der Waals surface area contributed by atoms with Gasteiger partial charge in [-0.3, -0.25) is 4.79 Å². The van der Waals surface area contributed by atoms with E-state index in [2.05, 4.69) is 19.9 Å². The maximum Gasteiger partial charge on any atom is 0.251 e. The molecule has 1 atom stereocenters. The summed E-state index contributed by atoms with van der Waals surface area (Å²) in [5.74, 6) is 2.23. The Hall–Kier alpha value is -2.93. The van der Waals surface area contributed by atoms with Crippen LogP contribution in [0.3, 0.4) is 0 Å². The Morgan fingerprint density at radius 2 is 2.27 bits per heavy atom. The van der Waals surface area contributed by atoms with Crippen molar-refractivity contribution in [1.82, 2.24) is 15.0 Å². The van der Waals surface area contributed by atoms with Gasteiger partial charge in [0.2, 0.25) is 0 Å². The number of hydrogen-bond donors (Lipinski definition) is 1. The SMILES string of the molecule is CCc1cc(=O)[nH]c(-c2ccc(N3CCOC(c4ccco4)C3)nc2)n1. The molecule has 1 N–H and O–H groups in total. The third-order valence-electron chi connectivity index (χ3n) is 4.43. The fraction of sp³-hybridized carbons (Fsp3) is 0.316. The van der Waals surface area contributed by atoms with E-state index in [1.54, 1.807) is 12.5 Å². The number of aryl methyl sites for hydroxylation is 1. The van der Waals surface area contributed by atoms with Crippen molar-refractivity contribution in [2.75, 3.05) is 24.6 Å². The molecule has 26 heavy (non-hydrogen) atoms. The minimum atomic E-state index is -0.148. The van der Waals surface area contributed by atoms with Crippen molar-refractivity contribution in [3.63, 3.8) is 0 Å². The smallest absolute Gasteiger partial charge is 0.251 e. The van der Waals surface area contributed by atoms with Gasteiger partial charge in [0.15, 0.2) is 0 Å². The van der Waals surface area contributed by atoms with E-state index in [1.165, 1.54) is 6.07 Å². The summed E-state index contributed by atoms with van der Waals surface area (Å²) in [6, 6.07) is 9.18. The van der Waals surface area contributed by atoms with Gasteiger partial charge in [0, 0.05) is 30.1 Å². The summed E-state index contributed by atoms with van der Waals surface area (Å²) < 4.78 is 11.2. The van der Waals surface area contributed by atoms with Crippen molar-refractivity contribution in [2.45, 2.75) is 19.4 Å². The molecule has 4 heterocycles. The van der Waals surface area contributed by atoms with Crippen LogP contribution in [0, 0.1) is 0 Å². The van der Waals surface area contributed by atoms with Crippen LogP contribution in [0.15, 0.2) is 52.0 Å². The van der Waals surface area contributed by atoms with E-state index < -0.39 is 0 Å². The van der Waals surface area contributed by atoms with Crippen molar-refractivity contribution in [2.24, 2.45) is 0 Å². The lowest BCUT2D eigenvalue weighted by Gasteiger charge is -2.32. The molecule has 0 saturated carbocycles. The molecule has 0 bridgehead atoms. The molecule has 7 nitrogen and oxygen atoms in total. The molecule has 0 aromatic carbocycles. The van der Waals surface area contributed by atoms with Gasteiger partial charge in [-0.05, 0) is 30.7 Å². The molecule has 1 unspecified atom stereocenters. The molecule has 0 spiro atoms. The monoisotopic (exact) mass is 352 g/mol. The molecule has 4 rings (SSSR count). The Kier molecular flexibility index (Phi) is 4.53. The fourth-order valence-corrected chi connectivity index (χ4v) is 3.04. The molecule has 3 aromatic heterocycles. The Balaban J connectivity index is 1.54. The van der Waals surface area contributed by atoms with Crippen LogP contribution < -0.4 is 10.5 Å². The highest BCUT2D eigenvalue weighted by Gasteiger charge is 2.24. The third kappa shape index (κ3) is 3.39. The number of H-pyrrole nitrogens is 1. The van der Waals surface area contributed by atoms with E-state index in [4.69, 9.17) is 9.15 Å². The van der Waals surface area contributed by atoms with Crippen LogP contribution in [-0.4, -0.2) is 34.6 Å². The third-order valence-corrected chi connectivity index (χ3v) is 4.43. The minimum absolute atomic E-state index is 0.0977. The van der Waals surface area contributed by atoms with Crippen molar-refractivity contribution in [3.8, 4) is 11.4 Å². The first-order chi connectivity index (χ1) is 12.7. The minimum Gasteiger partial charge on any atom is -0.467 e. The second-order valence-electron chi connectivity index (χ2n) is 6.16. The highest BCUT2D eigenvalue weighted by atomic mass is 16.5. The number of morpholine rings is 1. The standard InChI is InChI=1S/C19H20N4O3/c1-2-14-10-18(24)22-19(21-14)13-5-6-17(20-11-13)23-7-9-26-16(12-23)15-4-3-8-25-15/h3-6,8,10-11,16H,2,7,9,12H2,1H3,(H,21,22,24). The largest absolute Gasteiger partial charge is 0.467 e. The zero-order valence-corrected chi connectivity index (χ0v) is 14.5. The Labute approximate surface area is 150 Å². The van der Waals surface area contributed by atoms with E-state index in [0.717, 1.165) is 29.4 Å². The van der Waals surface area contributed by atoms with E-state index in [-0.39, 0.29) is 11.7 Å². The Morgan fingerprint density at radius 1 is 1.35 bits per heavy atom. The molecule has 1 aliphatic heterocycles. The summed E-state index contributed by atoms with van der Waals surface area (Å²) in [4.78, 5) is 25.7. The van der Waals surface area contributed by atoms with E-state index in [0.29, 0.717) is 25.4 Å². The summed E-state index contributed by atoms with van der Waals surface area (Å²) in [5, 5.41) is 0. The molecular weight excluding hydrogens is 332 g/mol. The topological polar surface area (TPSA) is 84.2 Å². The first-order valence-corrected chi connectivity index (χ1v) is 8.69. The van der Waals surface area contributed by atoms with Crippen LogP contribution in [0.25, 0.3) is 11.4 Å². The summed E-state index contributed by atoms with van der Waals surface area (Å²) in [5.41, 5.74) is 1.41. The zero-order valence-electron chi connectivity index (χ0n) is 14.5. The van der Waals surface area contributed by atoms with Gasteiger partial charge < -0.3 is 19.0 Å². The van der Waals surface area contributed by atoms with Crippen LogP contribution in [0.4, 0.5) is 5.82 Å². The first-order valence-electron chi connectivity index (χ1n) is 8.69. The van der Waals surface area contributed by atoms with Crippen LogP contribution in [0.2, 0.25) is 0 Å². The molecule has 0 amide bonds. The fourth-order valence-electron chi connectivity index (χ4n) is 3.04. The van der Waals surface area contributed by atoms with E-state index in [1.807, 2.05) is 31.2 Å². The number of aromatic amines is 1. The lowest BCUT2D eigenvalue weighted by molar-refractivity contribution is 0.0255. The predicted octanol–water partition coefficient (Wildman–Crippen LogP) is 2.57. The number of pyridine rings is 1. The zero-order chi connectivity index (χ0) is 17.9. The second-order valence-corrected chi connectivity index (χ2v) is 6.16. The number of nitrogens with zero attached hydrogens (tertiary/aromatic N) is 3. The molecule has 134 valence electrons. The maximum atomic E-state index is 11.8. The van der Waals surface area contributed by atoms with Gasteiger partial charge in [-0.1, -0.05) is 6.92 Å². The molecule has 1 aliphatic rings. The molecular formula is C19H20N4O3. The second kappa shape index (κ2) is 7.13. The lowest BCUT2D eigenvalue weighted by atomic mass is 10.2.